The number of hydrogen-bond donors (Lipinski definition) is 0. The van der Waals surface area contributed by atoms with Gasteiger partial charge < -0.3 is 14.4 Å². The lowest BCUT2D eigenvalue weighted by Crippen LogP contribution is -2.11. The first kappa shape index (κ1) is 16.8. The number of nitrogens with zero attached hydrogens (tertiary/aromatic N) is 1. The van der Waals surface area contributed by atoms with Gasteiger partial charge in [-0.15, -0.1) is 0 Å². The lowest BCUT2D eigenvalue weighted by atomic mass is 10.1. The summed E-state index contributed by atoms with van der Waals surface area (Å²) in [6.07, 6.45) is -0.271. The minimum Gasteiger partial charge on any atom is -0.346 e. The molecule has 4 rings (SSSR count). The maximum atomic E-state index is 5.68. The van der Waals surface area contributed by atoms with E-state index in [0.717, 1.165) is 22.6 Å². The number of anilines is 3. The third kappa shape index (κ3) is 3.50. The zero-order valence-corrected chi connectivity index (χ0v) is 15.2. The maximum Gasteiger partial charge on any atom is 0.184 e. The van der Waals surface area contributed by atoms with Crippen molar-refractivity contribution in [3.63, 3.8) is 0 Å². The SMILES string of the molecule is Cc1cccc(N(c2cccc(C)c2)c2cccc(C3OCCO3)c2)c1. The summed E-state index contributed by atoms with van der Waals surface area (Å²) in [6, 6.07) is 25.5. The average molecular weight is 345 g/mol. The lowest BCUT2D eigenvalue weighted by Gasteiger charge is -2.27. The fraction of sp³-hybridized carbons (Fsp3) is 0.217. The first-order valence-electron chi connectivity index (χ1n) is 8.97. The van der Waals surface area contributed by atoms with Gasteiger partial charge >= 0.3 is 0 Å². The first-order chi connectivity index (χ1) is 12.7. The summed E-state index contributed by atoms with van der Waals surface area (Å²) in [5.41, 5.74) is 6.89. The summed E-state index contributed by atoms with van der Waals surface area (Å²) >= 11 is 0. The van der Waals surface area contributed by atoms with E-state index in [1.165, 1.54) is 11.1 Å². The van der Waals surface area contributed by atoms with Gasteiger partial charge in [-0.2, -0.15) is 0 Å². The quantitative estimate of drug-likeness (QED) is 0.595. The molecule has 0 saturated carbocycles. The second-order valence-electron chi connectivity index (χ2n) is 6.68. The van der Waals surface area contributed by atoms with Gasteiger partial charge in [0, 0.05) is 22.6 Å². The highest BCUT2D eigenvalue weighted by Crippen LogP contribution is 2.37. The van der Waals surface area contributed by atoms with E-state index in [4.69, 9.17) is 9.47 Å². The molecule has 26 heavy (non-hydrogen) atoms. The van der Waals surface area contributed by atoms with Gasteiger partial charge in [-0.1, -0.05) is 36.4 Å². The Kier molecular flexibility index (Phi) is 4.74. The monoisotopic (exact) mass is 345 g/mol. The topological polar surface area (TPSA) is 21.7 Å². The summed E-state index contributed by atoms with van der Waals surface area (Å²) in [4.78, 5) is 2.28. The van der Waals surface area contributed by atoms with E-state index in [-0.39, 0.29) is 6.29 Å². The molecule has 0 unspecified atom stereocenters. The second-order valence-corrected chi connectivity index (χ2v) is 6.68. The molecule has 0 bridgehead atoms. The smallest absolute Gasteiger partial charge is 0.184 e. The summed E-state index contributed by atoms with van der Waals surface area (Å²) < 4.78 is 11.4. The highest BCUT2D eigenvalue weighted by molar-refractivity contribution is 5.77. The van der Waals surface area contributed by atoms with Crippen LogP contribution in [0.15, 0.2) is 72.8 Å². The Morgan fingerprint density at radius 3 is 1.73 bits per heavy atom. The van der Waals surface area contributed by atoms with Gasteiger partial charge in [0.1, 0.15) is 0 Å². The van der Waals surface area contributed by atoms with Crippen LogP contribution < -0.4 is 4.90 Å². The zero-order chi connectivity index (χ0) is 17.9. The molecule has 3 aromatic rings. The Balaban J connectivity index is 1.81. The molecule has 1 aliphatic heterocycles. The molecule has 0 aliphatic carbocycles. The minimum absolute atomic E-state index is 0.271. The third-order valence-electron chi connectivity index (χ3n) is 4.54. The van der Waals surface area contributed by atoms with Crippen LogP contribution in [-0.4, -0.2) is 13.2 Å². The molecule has 3 aromatic carbocycles. The van der Waals surface area contributed by atoms with E-state index in [0.29, 0.717) is 13.2 Å². The predicted molar refractivity (Wildman–Crippen MR) is 105 cm³/mol. The van der Waals surface area contributed by atoms with E-state index in [1.54, 1.807) is 0 Å². The Labute approximate surface area is 154 Å². The number of ether oxygens (including phenoxy) is 2. The van der Waals surface area contributed by atoms with Crippen LogP contribution in [0.3, 0.4) is 0 Å². The molecule has 0 atom stereocenters. The molecule has 132 valence electrons. The van der Waals surface area contributed by atoms with Gasteiger partial charge in [0.05, 0.1) is 13.2 Å². The molecule has 1 heterocycles. The molecule has 1 aliphatic rings. The highest BCUT2D eigenvalue weighted by Gasteiger charge is 2.20. The van der Waals surface area contributed by atoms with Crippen LogP contribution in [0.2, 0.25) is 0 Å². The van der Waals surface area contributed by atoms with Crippen LogP contribution in [0.25, 0.3) is 0 Å². The Morgan fingerprint density at radius 1 is 0.692 bits per heavy atom. The van der Waals surface area contributed by atoms with E-state index in [2.05, 4.69) is 91.5 Å². The fourth-order valence-electron chi connectivity index (χ4n) is 3.34. The van der Waals surface area contributed by atoms with Crippen LogP contribution >= 0.6 is 0 Å². The van der Waals surface area contributed by atoms with Crippen molar-refractivity contribution >= 4 is 17.1 Å². The van der Waals surface area contributed by atoms with Crippen molar-refractivity contribution in [2.75, 3.05) is 18.1 Å². The van der Waals surface area contributed by atoms with Crippen LogP contribution in [0, 0.1) is 13.8 Å². The van der Waals surface area contributed by atoms with Crippen molar-refractivity contribution in [2.45, 2.75) is 20.1 Å². The van der Waals surface area contributed by atoms with E-state index in [1.807, 2.05) is 0 Å². The summed E-state index contributed by atoms with van der Waals surface area (Å²) in [5, 5.41) is 0. The van der Waals surface area contributed by atoms with Crippen LogP contribution in [0.1, 0.15) is 23.0 Å². The van der Waals surface area contributed by atoms with Gasteiger partial charge in [-0.3, -0.25) is 0 Å². The Morgan fingerprint density at radius 2 is 1.19 bits per heavy atom. The average Bonchev–Trinajstić information content (AvgIpc) is 3.17. The molecule has 3 heteroatoms. The summed E-state index contributed by atoms with van der Waals surface area (Å²) in [5.74, 6) is 0. The largest absolute Gasteiger partial charge is 0.346 e. The van der Waals surface area contributed by atoms with Crippen LogP contribution in [-0.2, 0) is 9.47 Å². The lowest BCUT2D eigenvalue weighted by molar-refractivity contribution is -0.0440. The normalized spacial score (nSPS) is 14.5. The summed E-state index contributed by atoms with van der Waals surface area (Å²) in [6.45, 7) is 5.53. The van der Waals surface area contributed by atoms with Crippen LogP contribution in [0.4, 0.5) is 17.1 Å². The number of aryl methyl sites for hydroxylation is 2. The van der Waals surface area contributed by atoms with Crippen molar-refractivity contribution in [1.29, 1.82) is 0 Å². The van der Waals surface area contributed by atoms with E-state index in [9.17, 15) is 0 Å². The number of benzene rings is 3. The van der Waals surface area contributed by atoms with Gasteiger partial charge in [-0.05, 0) is 61.4 Å². The van der Waals surface area contributed by atoms with Crippen LogP contribution in [0.5, 0.6) is 0 Å². The van der Waals surface area contributed by atoms with Gasteiger partial charge in [0.25, 0.3) is 0 Å². The second kappa shape index (κ2) is 7.32. The van der Waals surface area contributed by atoms with E-state index >= 15 is 0 Å². The number of rotatable bonds is 4. The predicted octanol–water partition coefficient (Wildman–Crippen LogP) is 5.82. The van der Waals surface area contributed by atoms with Crippen molar-refractivity contribution in [2.24, 2.45) is 0 Å². The molecular weight excluding hydrogens is 322 g/mol. The molecular formula is C23H23NO2. The molecule has 1 saturated heterocycles. The maximum absolute atomic E-state index is 5.68. The molecule has 0 N–H and O–H groups in total. The highest BCUT2D eigenvalue weighted by atomic mass is 16.7. The molecule has 0 amide bonds. The Hall–Kier alpha value is -2.62. The minimum atomic E-state index is -0.271. The number of hydrogen-bond acceptors (Lipinski definition) is 3. The Bertz CT molecular complexity index is 854. The zero-order valence-electron chi connectivity index (χ0n) is 15.2. The van der Waals surface area contributed by atoms with Crippen molar-refractivity contribution in [3.05, 3.63) is 89.5 Å². The van der Waals surface area contributed by atoms with Crippen molar-refractivity contribution in [1.82, 2.24) is 0 Å². The third-order valence-corrected chi connectivity index (χ3v) is 4.54. The fourth-order valence-corrected chi connectivity index (χ4v) is 3.34. The van der Waals surface area contributed by atoms with Gasteiger partial charge in [-0.25, -0.2) is 0 Å². The van der Waals surface area contributed by atoms with Crippen molar-refractivity contribution < 1.29 is 9.47 Å². The molecule has 3 nitrogen and oxygen atoms in total. The summed E-state index contributed by atoms with van der Waals surface area (Å²) in [7, 11) is 0. The van der Waals surface area contributed by atoms with Gasteiger partial charge in [0.2, 0.25) is 0 Å². The standard InChI is InChI=1S/C23H23NO2/c1-17-6-3-9-20(14-17)24(21-10-4-7-18(2)15-21)22-11-5-8-19(16-22)23-25-12-13-26-23/h3-11,14-16,23H,12-13H2,1-2H3. The van der Waals surface area contributed by atoms with Gasteiger partial charge in [0.15, 0.2) is 6.29 Å². The first-order valence-corrected chi connectivity index (χ1v) is 8.97. The van der Waals surface area contributed by atoms with E-state index < -0.39 is 0 Å². The molecule has 0 spiro atoms. The molecule has 1 fully saturated rings. The molecule has 0 radical (unpaired) electrons. The van der Waals surface area contributed by atoms with Crippen molar-refractivity contribution in [3.8, 4) is 0 Å². The molecule has 0 aromatic heterocycles.